The van der Waals surface area contributed by atoms with E-state index in [1.54, 1.807) is 0 Å². The van der Waals surface area contributed by atoms with Crippen LogP contribution in [-0.4, -0.2) is 0 Å². The molecule has 1 nitrogen and oxygen atoms in total. The molecule has 2 N–H and O–H groups in total. The zero-order chi connectivity index (χ0) is 7.98. The van der Waals surface area contributed by atoms with Crippen molar-refractivity contribution in [1.82, 2.24) is 0 Å². The van der Waals surface area contributed by atoms with Crippen LogP contribution in [0.15, 0.2) is 35.0 Å². The summed E-state index contributed by atoms with van der Waals surface area (Å²) in [5.74, 6) is 0. The molecule has 0 amide bonds. The molecule has 0 saturated carbocycles. The fourth-order valence-electron chi connectivity index (χ4n) is 0.605. The molecule has 0 aromatic rings. The van der Waals surface area contributed by atoms with Crippen molar-refractivity contribution in [3.63, 3.8) is 0 Å². The molecule has 56 valence electrons. The van der Waals surface area contributed by atoms with Gasteiger partial charge >= 0.3 is 0 Å². The molecule has 0 saturated heterocycles. The molecule has 0 unspecified atom stereocenters. The smallest absolute Gasteiger partial charge is 0.0431 e. The SMILES string of the molecule is C\C=C/C(C)=C\C(N)=C\Cl. The van der Waals surface area contributed by atoms with E-state index in [9.17, 15) is 0 Å². The molecule has 0 radical (unpaired) electrons. The number of allylic oxidation sites excluding steroid dienone is 4. The van der Waals surface area contributed by atoms with Crippen LogP contribution in [0.25, 0.3) is 0 Å². The van der Waals surface area contributed by atoms with Crippen LogP contribution in [0.2, 0.25) is 0 Å². The number of hydrogen-bond acceptors (Lipinski definition) is 1. The lowest BCUT2D eigenvalue weighted by Gasteiger charge is -1.91. The molecule has 0 aliphatic carbocycles. The van der Waals surface area contributed by atoms with E-state index in [1.165, 1.54) is 5.54 Å². The normalized spacial score (nSPS) is 14.7. The van der Waals surface area contributed by atoms with Crippen LogP contribution < -0.4 is 5.73 Å². The molecule has 0 rings (SSSR count). The van der Waals surface area contributed by atoms with E-state index in [1.807, 2.05) is 32.1 Å². The molecule has 0 spiro atoms. The van der Waals surface area contributed by atoms with E-state index in [2.05, 4.69) is 0 Å². The van der Waals surface area contributed by atoms with Gasteiger partial charge in [0.15, 0.2) is 0 Å². The summed E-state index contributed by atoms with van der Waals surface area (Å²) in [5.41, 5.74) is 8.45. The fraction of sp³-hybridized carbons (Fsp3) is 0.250. The van der Waals surface area contributed by atoms with Gasteiger partial charge in [0.25, 0.3) is 0 Å². The molecule has 0 aromatic carbocycles. The predicted octanol–water partition coefficient (Wildman–Crippen LogP) is 2.55. The number of hydrogen-bond donors (Lipinski definition) is 1. The molecule has 0 aliphatic heterocycles. The van der Waals surface area contributed by atoms with Crippen molar-refractivity contribution in [2.75, 3.05) is 0 Å². The van der Waals surface area contributed by atoms with Crippen LogP contribution in [0.4, 0.5) is 0 Å². The molecule has 0 aliphatic rings. The first-order chi connectivity index (χ1) is 4.70. The van der Waals surface area contributed by atoms with E-state index in [0.717, 1.165) is 5.57 Å². The van der Waals surface area contributed by atoms with Gasteiger partial charge in [-0.05, 0) is 25.5 Å². The van der Waals surface area contributed by atoms with E-state index in [0.29, 0.717) is 5.70 Å². The summed E-state index contributed by atoms with van der Waals surface area (Å²) >= 11 is 5.34. The number of nitrogens with two attached hydrogens (primary N) is 1. The highest BCUT2D eigenvalue weighted by Crippen LogP contribution is 1.99. The second-order valence-electron chi connectivity index (χ2n) is 2.00. The molecule has 0 atom stereocenters. The Balaban J connectivity index is 4.16. The van der Waals surface area contributed by atoms with Gasteiger partial charge in [-0.15, -0.1) is 0 Å². The van der Waals surface area contributed by atoms with Crippen LogP contribution in [0.5, 0.6) is 0 Å². The van der Waals surface area contributed by atoms with Crippen LogP contribution in [0, 0.1) is 0 Å². The van der Waals surface area contributed by atoms with Gasteiger partial charge in [0.2, 0.25) is 0 Å². The van der Waals surface area contributed by atoms with Crippen LogP contribution in [0.1, 0.15) is 13.8 Å². The molecule has 0 bridgehead atoms. The summed E-state index contributed by atoms with van der Waals surface area (Å²) in [7, 11) is 0. The highest BCUT2D eigenvalue weighted by Gasteiger charge is 1.82. The highest BCUT2D eigenvalue weighted by molar-refractivity contribution is 6.25. The third-order valence-electron chi connectivity index (χ3n) is 0.950. The Morgan fingerprint density at radius 2 is 2.10 bits per heavy atom. The Labute approximate surface area is 66.9 Å². The molecule has 0 aromatic heterocycles. The Kier molecular flexibility index (Phi) is 4.77. The standard InChI is InChI=1S/C8H12ClN/c1-3-4-7(2)5-8(10)6-9/h3-6H,10H2,1-2H3/b4-3-,7-5-,8-6-. The largest absolute Gasteiger partial charge is 0.398 e. The Morgan fingerprint density at radius 3 is 2.50 bits per heavy atom. The zero-order valence-electron chi connectivity index (χ0n) is 6.26. The maximum Gasteiger partial charge on any atom is 0.0431 e. The molecular weight excluding hydrogens is 146 g/mol. The minimum absolute atomic E-state index is 0.581. The Bertz CT molecular complexity index is 178. The minimum Gasteiger partial charge on any atom is -0.398 e. The lowest BCUT2D eigenvalue weighted by molar-refractivity contribution is 1.38. The summed E-state index contributed by atoms with van der Waals surface area (Å²) in [6.45, 7) is 3.92. The van der Waals surface area contributed by atoms with Crippen molar-refractivity contribution in [1.29, 1.82) is 0 Å². The van der Waals surface area contributed by atoms with E-state index in [-0.39, 0.29) is 0 Å². The zero-order valence-corrected chi connectivity index (χ0v) is 7.02. The summed E-state index contributed by atoms with van der Waals surface area (Å²) in [4.78, 5) is 0. The van der Waals surface area contributed by atoms with Crippen molar-refractivity contribution < 1.29 is 0 Å². The second-order valence-corrected chi connectivity index (χ2v) is 2.22. The lowest BCUT2D eigenvalue weighted by Crippen LogP contribution is -1.91. The van der Waals surface area contributed by atoms with Crippen molar-refractivity contribution in [3.05, 3.63) is 35.0 Å². The lowest BCUT2D eigenvalue weighted by atomic mass is 10.2. The molecule has 0 heterocycles. The van der Waals surface area contributed by atoms with Gasteiger partial charge in [-0.25, -0.2) is 0 Å². The third-order valence-corrected chi connectivity index (χ3v) is 1.20. The molecule has 10 heavy (non-hydrogen) atoms. The van der Waals surface area contributed by atoms with E-state index in [4.69, 9.17) is 17.3 Å². The van der Waals surface area contributed by atoms with Crippen molar-refractivity contribution in [2.24, 2.45) is 5.73 Å². The predicted molar refractivity (Wildman–Crippen MR) is 46.7 cm³/mol. The first-order valence-electron chi connectivity index (χ1n) is 3.07. The molecular formula is C8H12ClN. The van der Waals surface area contributed by atoms with Crippen LogP contribution in [0.3, 0.4) is 0 Å². The van der Waals surface area contributed by atoms with Gasteiger partial charge in [-0.3, -0.25) is 0 Å². The average Bonchev–Trinajstić information content (AvgIpc) is 1.88. The quantitative estimate of drug-likeness (QED) is 0.613. The van der Waals surface area contributed by atoms with Crippen LogP contribution >= 0.6 is 11.6 Å². The first-order valence-corrected chi connectivity index (χ1v) is 3.51. The van der Waals surface area contributed by atoms with Gasteiger partial charge < -0.3 is 5.73 Å². The molecule has 0 fully saturated rings. The van der Waals surface area contributed by atoms with Crippen molar-refractivity contribution in [3.8, 4) is 0 Å². The van der Waals surface area contributed by atoms with E-state index < -0.39 is 0 Å². The Morgan fingerprint density at radius 1 is 1.50 bits per heavy atom. The molecule has 2 heteroatoms. The van der Waals surface area contributed by atoms with Crippen molar-refractivity contribution in [2.45, 2.75) is 13.8 Å². The monoisotopic (exact) mass is 157 g/mol. The number of rotatable bonds is 2. The van der Waals surface area contributed by atoms with Gasteiger partial charge in [0.05, 0.1) is 0 Å². The minimum atomic E-state index is 0.581. The Hall–Kier alpha value is -0.690. The topological polar surface area (TPSA) is 26.0 Å². The summed E-state index contributed by atoms with van der Waals surface area (Å²) in [6, 6.07) is 0. The van der Waals surface area contributed by atoms with Crippen LogP contribution in [-0.2, 0) is 0 Å². The maximum absolute atomic E-state index is 5.42. The number of halogens is 1. The highest BCUT2D eigenvalue weighted by atomic mass is 35.5. The van der Waals surface area contributed by atoms with Gasteiger partial charge in [0, 0.05) is 11.2 Å². The average molecular weight is 158 g/mol. The van der Waals surface area contributed by atoms with Crippen molar-refractivity contribution >= 4 is 11.6 Å². The summed E-state index contributed by atoms with van der Waals surface area (Å²) < 4.78 is 0. The third kappa shape index (κ3) is 4.21. The maximum atomic E-state index is 5.42. The fourth-order valence-corrected chi connectivity index (χ4v) is 0.668. The van der Waals surface area contributed by atoms with Gasteiger partial charge in [0.1, 0.15) is 0 Å². The summed E-state index contributed by atoms with van der Waals surface area (Å²) in [6.07, 6.45) is 5.73. The second kappa shape index (κ2) is 5.12. The van der Waals surface area contributed by atoms with Gasteiger partial charge in [-0.2, -0.15) is 0 Å². The van der Waals surface area contributed by atoms with Gasteiger partial charge in [-0.1, -0.05) is 23.8 Å². The van der Waals surface area contributed by atoms with E-state index >= 15 is 0 Å². The first kappa shape index (κ1) is 9.31. The summed E-state index contributed by atoms with van der Waals surface area (Å²) in [5, 5.41) is 0.